The number of nitrogens with zero attached hydrogens (tertiary/aromatic N) is 2. The van der Waals surface area contributed by atoms with Crippen LogP contribution < -0.4 is 15.2 Å². The third-order valence-corrected chi connectivity index (χ3v) is 3.26. The number of hydrogen-bond donors (Lipinski definition) is 1. The van der Waals surface area contributed by atoms with E-state index in [0.717, 1.165) is 34.6 Å². The number of anilines is 1. The van der Waals surface area contributed by atoms with Crippen LogP contribution in [0.25, 0.3) is 11.1 Å². The largest absolute Gasteiger partial charge is 0.496 e. The zero-order valence-corrected chi connectivity index (χ0v) is 11.7. The van der Waals surface area contributed by atoms with E-state index >= 15 is 0 Å². The lowest BCUT2D eigenvalue weighted by Gasteiger charge is -2.14. The number of aromatic nitrogens is 2. The Hall–Kier alpha value is -2.17. The van der Waals surface area contributed by atoms with E-state index in [-0.39, 0.29) is 0 Å². The number of nitrogens with two attached hydrogens (primary N) is 1. The summed E-state index contributed by atoms with van der Waals surface area (Å²) in [7, 11) is 5.11. The van der Waals surface area contributed by atoms with Gasteiger partial charge in [0.15, 0.2) is 0 Å². The van der Waals surface area contributed by atoms with E-state index in [9.17, 15) is 0 Å². The summed E-state index contributed by atoms with van der Waals surface area (Å²) in [4.78, 5) is 0. The number of ether oxygens (including phenoxy) is 2. The fraction of sp³-hybridized carbons (Fsp3) is 0.357. The number of hydrogen-bond acceptors (Lipinski definition) is 4. The minimum atomic E-state index is 0.616. The van der Waals surface area contributed by atoms with Gasteiger partial charge in [0.25, 0.3) is 0 Å². The van der Waals surface area contributed by atoms with Crippen molar-refractivity contribution in [3.05, 3.63) is 23.9 Å². The molecule has 0 fully saturated rings. The van der Waals surface area contributed by atoms with Crippen LogP contribution in [0.2, 0.25) is 0 Å². The van der Waals surface area contributed by atoms with Crippen LogP contribution in [0.1, 0.15) is 12.5 Å². The predicted molar refractivity (Wildman–Crippen MR) is 75.5 cm³/mol. The molecule has 0 atom stereocenters. The van der Waals surface area contributed by atoms with Crippen molar-refractivity contribution in [1.82, 2.24) is 9.78 Å². The van der Waals surface area contributed by atoms with Crippen molar-refractivity contribution in [3.63, 3.8) is 0 Å². The molecule has 0 saturated carbocycles. The molecule has 0 aliphatic heterocycles. The second-order valence-electron chi connectivity index (χ2n) is 4.28. The maximum Gasteiger partial charge on any atom is 0.130 e. The lowest BCUT2D eigenvalue weighted by atomic mass is 10.0. The number of methoxy groups -OCH3 is 2. The van der Waals surface area contributed by atoms with Crippen molar-refractivity contribution in [1.29, 1.82) is 0 Å². The van der Waals surface area contributed by atoms with Crippen LogP contribution in [0, 0.1) is 0 Å². The standard InChI is InChI=1S/C14H19N3O2/c1-5-9-6-10(11-8-16-17(2)14(11)15)13(19-4)7-12(9)18-3/h6-8H,5,15H2,1-4H3. The molecule has 5 nitrogen and oxygen atoms in total. The summed E-state index contributed by atoms with van der Waals surface area (Å²) < 4.78 is 12.4. The second-order valence-corrected chi connectivity index (χ2v) is 4.28. The topological polar surface area (TPSA) is 62.3 Å². The van der Waals surface area contributed by atoms with Gasteiger partial charge in [-0.25, -0.2) is 0 Å². The number of benzene rings is 1. The normalized spacial score (nSPS) is 10.5. The molecule has 1 heterocycles. The van der Waals surface area contributed by atoms with Gasteiger partial charge < -0.3 is 15.2 Å². The monoisotopic (exact) mass is 261 g/mol. The van der Waals surface area contributed by atoms with Crippen molar-refractivity contribution in [2.75, 3.05) is 20.0 Å². The van der Waals surface area contributed by atoms with Crippen LogP contribution in [0.3, 0.4) is 0 Å². The maximum atomic E-state index is 6.03. The zero-order valence-electron chi connectivity index (χ0n) is 11.7. The molecular weight excluding hydrogens is 242 g/mol. The molecule has 0 radical (unpaired) electrons. The van der Waals surface area contributed by atoms with E-state index < -0.39 is 0 Å². The molecule has 2 aromatic rings. The second kappa shape index (κ2) is 5.22. The first-order valence-electron chi connectivity index (χ1n) is 6.15. The summed E-state index contributed by atoms with van der Waals surface area (Å²) in [6, 6.07) is 3.94. The quantitative estimate of drug-likeness (QED) is 0.917. The van der Waals surface area contributed by atoms with Gasteiger partial charge in [-0.15, -0.1) is 0 Å². The van der Waals surface area contributed by atoms with Crippen LogP contribution in [-0.2, 0) is 13.5 Å². The Morgan fingerprint density at radius 2 is 1.84 bits per heavy atom. The van der Waals surface area contributed by atoms with Gasteiger partial charge in [-0.2, -0.15) is 5.10 Å². The first kappa shape index (κ1) is 13.3. The zero-order chi connectivity index (χ0) is 14.0. The van der Waals surface area contributed by atoms with Gasteiger partial charge in [-0.1, -0.05) is 6.92 Å². The smallest absolute Gasteiger partial charge is 0.130 e. The summed E-state index contributed by atoms with van der Waals surface area (Å²) >= 11 is 0. The Morgan fingerprint density at radius 1 is 1.16 bits per heavy atom. The Labute approximate surface area is 112 Å². The Morgan fingerprint density at radius 3 is 2.32 bits per heavy atom. The van der Waals surface area contributed by atoms with Crippen molar-refractivity contribution >= 4 is 5.82 Å². The molecule has 0 spiro atoms. The van der Waals surface area contributed by atoms with Gasteiger partial charge in [0.1, 0.15) is 17.3 Å². The molecule has 2 rings (SSSR count). The molecule has 102 valence electrons. The molecule has 2 N–H and O–H groups in total. The highest BCUT2D eigenvalue weighted by Gasteiger charge is 2.16. The van der Waals surface area contributed by atoms with E-state index in [2.05, 4.69) is 12.0 Å². The first-order valence-corrected chi connectivity index (χ1v) is 6.15. The summed E-state index contributed by atoms with van der Waals surface area (Å²) in [6.07, 6.45) is 2.62. The van der Waals surface area contributed by atoms with Crippen molar-refractivity contribution in [3.8, 4) is 22.6 Å². The highest BCUT2D eigenvalue weighted by atomic mass is 16.5. The fourth-order valence-corrected chi connectivity index (χ4v) is 2.11. The van der Waals surface area contributed by atoms with E-state index in [1.54, 1.807) is 25.1 Å². The maximum absolute atomic E-state index is 6.03. The molecule has 0 aliphatic rings. The third kappa shape index (κ3) is 2.23. The molecule has 0 bridgehead atoms. The molecule has 1 aromatic carbocycles. The Balaban J connectivity index is 2.65. The summed E-state index contributed by atoms with van der Waals surface area (Å²) in [6.45, 7) is 2.08. The molecule has 0 amide bonds. The molecule has 5 heteroatoms. The predicted octanol–water partition coefficient (Wildman–Crippen LogP) is 2.25. The molecule has 0 saturated heterocycles. The molecule has 1 aromatic heterocycles. The van der Waals surface area contributed by atoms with Gasteiger partial charge in [0, 0.05) is 24.2 Å². The Kier molecular flexibility index (Phi) is 3.64. The highest BCUT2D eigenvalue weighted by Crippen LogP contribution is 2.38. The van der Waals surface area contributed by atoms with Gasteiger partial charge in [0.05, 0.1) is 20.4 Å². The average Bonchev–Trinajstić information content (AvgIpc) is 2.77. The Bertz CT molecular complexity index is 591. The molecular formula is C14H19N3O2. The van der Waals surface area contributed by atoms with Crippen molar-refractivity contribution in [2.45, 2.75) is 13.3 Å². The fourth-order valence-electron chi connectivity index (χ4n) is 2.11. The van der Waals surface area contributed by atoms with Gasteiger partial charge in [-0.05, 0) is 18.1 Å². The molecule has 0 aliphatic carbocycles. The summed E-state index contributed by atoms with van der Waals surface area (Å²) in [5.41, 5.74) is 8.95. The number of aryl methyl sites for hydroxylation is 2. The number of rotatable bonds is 4. The minimum Gasteiger partial charge on any atom is -0.496 e. The molecule has 19 heavy (non-hydrogen) atoms. The SMILES string of the molecule is CCc1cc(-c2cnn(C)c2N)c(OC)cc1OC. The van der Waals surface area contributed by atoms with Crippen LogP contribution in [0.4, 0.5) is 5.82 Å². The van der Waals surface area contributed by atoms with Gasteiger partial charge >= 0.3 is 0 Å². The van der Waals surface area contributed by atoms with Gasteiger partial charge in [0.2, 0.25) is 0 Å². The van der Waals surface area contributed by atoms with Crippen molar-refractivity contribution in [2.24, 2.45) is 7.05 Å². The van der Waals surface area contributed by atoms with Crippen LogP contribution in [0.5, 0.6) is 11.5 Å². The van der Waals surface area contributed by atoms with Crippen molar-refractivity contribution < 1.29 is 9.47 Å². The average molecular weight is 261 g/mol. The van der Waals surface area contributed by atoms with E-state index in [4.69, 9.17) is 15.2 Å². The van der Waals surface area contributed by atoms with Crippen LogP contribution in [0.15, 0.2) is 18.3 Å². The summed E-state index contributed by atoms with van der Waals surface area (Å²) in [5.74, 6) is 2.17. The lowest BCUT2D eigenvalue weighted by molar-refractivity contribution is 0.392. The highest BCUT2D eigenvalue weighted by molar-refractivity contribution is 5.79. The van der Waals surface area contributed by atoms with E-state index in [1.807, 2.05) is 19.2 Å². The first-order chi connectivity index (χ1) is 9.12. The lowest BCUT2D eigenvalue weighted by Crippen LogP contribution is -1.99. The van der Waals surface area contributed by atoms with Crippen LogP contribution >= 0.6 is 0 Å². The summed E-state index contributed by atoms with van der Waals surface area (Å²) in [5, 5.41) is 4.17. The third-order valence-electron chi connectivity index (χ3n) is 3.26. The van der Waals surface area contributed by atoms with E-state index in [1.165, 1.54) is 0 Å². The molecule has 0 unspecified atom stereocenters. The number of nitrogen functional groups attached to an aromatic ring is 1. The van der Waals surface area contributed by atoms with Crippen LogP contribution in [-0.4, -0.2) is 24.0 Å². The minimum absolute atomic E-state index is 0.616. The van der Waals surface area contributed by atoms with Gasteiger partial charge in [-0.3, -0.25) is 4.68 Å². The van der Waals surface area contributed by atoms with E-state index in [0.29, 0.717) is 5.82 Å².